The van der Waals surface area contributed by atoms with Crippen LogP contribution in [0.2, 0.25) is 0 Å². The molecule has 1 aromatic rings. The molecule has 0 spiro atoms. The number of piperidine rings is 1. The van der Waals surface area contributed by atoms with Crippen molar-refractivity contribution in [3.05, 3.63) is 35.9 Å². The summed E-state index contributed by atoms with van der Waals surface area (Å²) < 4.78 is 0. The Kier molecular flexibility index (Phi) is 3.33. The zero-order valence-corrected chi connectivity index (χ0v) is 10.7. The minimum Gasteiger partial charge on any atom is -0.336 e. The highest BCUT2D eigenvalue weighted by atomic mass is 16.2. The van der Waals surface area contributed by atoms with Gasteiger partial charge < -0.3 is 4.90 Å². The minimum atomic E-state index is 0.163. The molecule has 0 radical (unpaired) electrons. The van der Waals surface area contributed by atoms with Crippen molar-refractivity contribution in [3.63, 3.8) is 0 Å². The molecule has 2 heterocycles. The predicted molar refractivity (Wildman–Crippen MR) is 71.1 cm³/mol. The Morgan fingerprint density at radius 1 is 1.06 bits per heavy atom. The molecular weight excluding hydrogens is 224 g/mol. The van der Waals surface area contributed by atoms with E-state index in [1.807, 2.05) is 23.1 Å². The van der Waals surface area contributed by atoms with Crippen molar-refractivity contribution in [2.75, 3.05) is 19.6 Å². The van der Waals surface area contributed by atoms with E-state index in [1.165, 1.54) is 18.4 Å². The van der Waals surface area contributed by atoms with E-state index in [4.69, 9.17) is 0 Å². The molecule has 2 aliphatic heterocycles. The Hall–Kier alpha value is -1.35. The van der Waals surface area contributed by atoms with Crippen LogP contribution in [0.25, 0.3) is 0 Å². The standard InChI is InChI=1S/C15H20N2O/c18-15-14-8-4-5-9-16(14)10-11-17(15)12-13-6-2-1-3-7-13/h1-3,6-7,14H,4-5,8-12H2. The third-order valence-electron chi connectivity index (χ3n) is 4.08. The van der Waals surface area contributed by atoms with Crippen LogP contribution in [0.15, 0.2) is 30.3 Å². The number of amides is 1. The van der Waals surface area contributed by atoms with Crippen LogP contribution >= 0.6 is 0 Å². The molecule has 0 saturated carbocycles. The van der Waals surface area contributed by atoms with E-state index in [0.717, 1.165) is 32.6 Å². The number of nitrogens with zero attached hydrogens (tertiary/aromatic N) is 2. The minimum absolute atomic E-state index is 0.163. The van der Waals surface area contributed by atoms with E-state index in [0.29, 0.717) is 5.91 Å². The van der Waals surface area contributed by atoms with Gasteiger partial charge in [0.1, 0.15) is 0 Å². The lowest BCUT2D eigenvalue weighted by Gasteiger charge is -2.43. The van der Waals surface area contributed by atoms with Crippen LogP contribution < -0.4 is 0 Å². The topological polar surface area (TPSA) is 23.6 Å². The second-order valence-electron chi connectivity index (χ2n) is 5.29. The number of fused-ring (bicyclic) bond motifs is 1. The molecule has 2 aliphatic rings. The van der Waals surface area contributed by atoms with E-state index in [9.17, 15) is 4.79 Å². The summed E-state index contributed by atoms with van der Waals surface area (Å²) in [6.07, 6.45) is 3.50. The lowest BCUT2D eigenvalue weighted by atomic mass is 9.98. The number of piperazine rings is 1. The average Bonchev–Trinajstić information content (AvgIpc) is 2.43. The van der Waals surface area contributed by atoms with Crippen molar-refractivity contribution in [3.8, 4) is 0 Å². The summed E-state index contributed by atoms with van der Waals surface area (Å²) in [7, 11) is 0. The normalized spacial score (nSPS) is 25.0. The molecule has 1 aromatic carbocycles. The zero-order valence-electron chi connectivity index (χ0n) is 10.7. The van der Waals surface area contributed by atoms with Gasteiger partial charge in [0.05, 0.1) is 6.04 Å². The molecule has 1 amide bonds. The monoisotopic (exact) mass is 244 g/mol. The molecule has 96 valence electrons. The highest BCUT2D eigenvalue weighted by Crippen LogP contribution is 2.23. The molecule has 2 fully saturated rings. The molecular formula is C15H20N2O. The predicted octanol–water partition coefficient (Wildman–Crippen LogP) is 1.88. The third kappa shape index (κ3) is 2.27. The van der Waals surface area contributed by atoms with Gasteiger partial charge in [-0.25, -0.2) is 0 Å². The quantitative estimate of drug-likeness (QED) is 0.793. The maximum atomic E-state index is 12.4. The van der Waals surface area contributed by atoms with Crippen molar-refractivity contribution in [1.82, 2.24) is 9.80 Å². The van der Waals surface area contributed by atoms with Crippen LogP contribution in [0.5, 0.6) is 0 Å². The smallest absolute Gasteiger partial charge is 0.240 e. The fourth-order valence-corrected chi connectivity index (χ4v) is 3.07. The Bertz CT molecular complexity index is 418. The van der Waals surface area contributed by atoms with Crippen molar-refractivity contribution in [2.24, 2.45) is 0 Å². The molecule has 0 bridgehead atoms. The van der Waals surface area contributed by atoms with Crippen LogP contribution in [0.3, 0.4) is 0 Å². The van der Waals surface area contributed by atoms with E-state index in [2.05, 4.69) is 17.0 Å². The van der Waals surface area contributed by atoms with Crippen LogP contribution in [-0.2, 0) is 11.3 Å². The summed E-state index contributed by atoms with van der Waals surface area (Å²) in [5.74, 6) is 0.338. The molecule has 3 heteroatoms. The summed E-state index contributed by atoms with van der Waals surface area (Å²) in [6.45, 7) is 3.80. The second-order valence-corrected chi connectivity index (χ2v) is 5.29. The fourth-order valence-electron chi connectivity index (χ4n) is 3.07. The fraction of sp³-hybridized carbons (Fsp3) is 0.533. The lowest BCUT2D eigenvalue weighted by Crippen LogP contribution is -2.58. The van der Waals surface area contributed by atoms with Gasteiger partial charge in [0.25, 0.3) is 0 Å². The Morgan fingerprint density at radius 2 is 1.89 bits per heavy atom. The molecule has 3 nitrogen and oxygen atoms in total. The van der Waals surface area contributed by atoms with Gasteiger partial charge in [-0.1, -0.05) is 36.8 Å². The lowest BCUT2D eigenvalue weighted by molar-refractivity contribution is -0.144. The first-order valence-electron chi connectivity index (χ1n) is 6.91. The Balaban J connectivity index is 1.69. The number of rotatable bonds is 2. The maximum absolute atomic E-state index is 12.4. The molecule has 2 saturated heterocycles. The van der Waals surface area contributed by atoms with Gasteiger partial charge in [-0.05, 0) is 24.9 Å². The Labute approximate surface area is 108 Å². The molecule has 0 aromatic heterocycles. The Morgan fingerprint density at radius 3 is 2.72 bits per heavy atom. The van der Waals surface area contributed by atoms with E-state index in [-0.39, 0.29) is 6.04 Å². The van der Waals surface area contributed by atoms with E-state index < -0.39 is 0 Å². The van der Waals surface area contributed by atoms with Gasteiger partial charge in [-0.3, -0.25) is 9.69 Å². The third-order valence-corrected chi connectivity index (χ3v) is 4.08. The molecule has 1 unspecified atom stereocenters. The number of carbonyl (C=O) groups is 1. The first-order chi connectivity index (χ1) is 8.84. The molecule has 1 atom stereocenters. The first-order valence-corrected chi connectivity index (χ1v) is 6.91. The van der Waals surface area contributed by atoms with Gasteiger partial charge in [-0.2, -0.15) is 0 Å². The van der Waals surface area contributed by atoms with Gasteiger partial charge in [0.2, 0.25) is 5.91 Å². The van der Waals surface area contributed by atoms with Crippen LogP contribution in [0, 0.1) is 0 Å². The summed E-state index contributed by atoms with van der Waals surface area (Å²) in [6, 6.07) is 10.5. The number of carbonyl (C=O) groups excluding carboxylic acids is 1. The van der Waals surface area contributed by atoms with Crippen molar-refractivity contribution < 1.29 is 4.79 Å². The number of benzene rings is 1. The number of hydrogen-bond acceptors (Lipinski definition) is 2. The summed E-state index contributed by atoms with van der Waals surface area (Å²) >= 11 is 0. The first kappa shape index (κ1) is 11.7. The van der Waals surface area contributed by atoms with Gasteiger partial charge >= 0.3 is 0 Å². The van der Waals surface area contributed by atoms with Gasteiger partial charge in [-0.15, -0.1) is 0 Å². The summed E-state index contributed by atoms with van der Waals surface area (Å²) in [5, 5.41) is 0. The second kappa shape index (κ2) is 5.11. The SMILES string of the molecule is O=C1C2CCCCN2CCN1Cc1ccccc1. The van der Waals surface area contributed by atoms with Crippen molar-refractivity contribution in [1.29, 1.82) is 0 Å². The highest BCUT2D eigenvalue weighted by molar-refractivity contribution is 5.82. The zero-order chi connectivity index (χ0) is 12.4. The molecule has 0 N–H and O–H groups in total. The number of hydrogen-bond donors (Lipinski definition) is 0. The highest BCUT2D eigenvalue weighted by Gasteiger charge is 2.35. The molecule has 18 heavy (non-hydrogen) atoms. The largest absolute Gasteiger partial charge is 0.336 e. The summed E-state index contributed by atoms with van der Waals surface area (Å²) in [4.78, 5) is 16.8. The van der Waals surface area contributed by atoms with Crippen molar-refractivity contribution >= 4 is 5.91 Å². The van der Waals surface area contributed by atoms with E-state index in [1.54, 1.807) is 0 Å². The van der Waals surface area contributed by atoms with Crippen LogP contribution in [0.1, 0.15) is 24.8 Å². The van der Waals surface area contributed by atoms with Crippen LogP contribution in [0.4, 0.5) is 0 Å². The van der Waals surface area contributed by atoms with Crippen molar-refractivity contribution in [2.45, 2.75) is 31.8 Å². The summed E-state index contributed by atoms with van der Waals surface area (Å²) in [5.41, 5.74) is 1.23. The van der Waals surface area contributed by atoms with Crippen LogP contribution in [-0.4, -0.2) is 41.4 Å². The van der Waals surface area contributed by atoms with Gasteiger partial charge in [0.15, 0.2) is 0 Å². The maximum Gasteiger partial charge on any atom is 0.240 e. The molecule has 0 aliphatic carbocycles. The van der Waals surface area contributed by atoms with Gasteiger partial charge in [0, 0.05) is 19.6 Å². The average molecular weight is 244 g/mol. The van der Waals surface area contributed by atoms with E-state index >= 15 is 0 Å². The molecule has 3 rings (SSSR count).